The first kappa shape index (κ1) is 13.6. The first-order valence-corrected chi connectivity index (χ1v) is 5.71. The molecule has 0 aromatic carbocycles. The van der Waals surface area contributed by atoms with Crippen LogP contribution in [0.2, 0.25) is 0 Å². The Morgan fingerprint density at radius 2 is 2.25 bits per heavy atom. The van der Waals surface area contributed by atoms with Crippen LogP contribution in [0.15, 0.2) is 6.20 Å². The molecule has 0 saturated carbocycles. The number of hydrogen-bond donors (Lipinski definition) is 2. The average molecular weight is 279 g/mol. The molecule has 2 heterocycles. The summed E-state index contributed by atoms with van der Waals surface area (Å²) < 4.78 is 1.08. The van der Waals surface area contributed by atoms with Crippen molar-refractivity contribution in [2.75, 3.05) is 7.05 Å². The molecule has 2 aromatic heterocycles. The van der Waals surface area contributed by atoms with Gasteiger partial charge >= 0.3 is 5.97 Å². The van der Waals surface area contributed by atoms with Crippen molar-refractivity contribution < 1.29 is 14.7 Å². The zero-order chi connectivity index (χ0) is 14.7. The van der Waals surface area contributed by atoms with Gasteiger partial charge in [0.2, 0.25) is 0 Å². The van der Waals surface area contributed by atoms with E-state index in [4.69, 9.17) is 5.11 Å². The summed E-state index contributed by atoms with van der Waals surface area (Å²) in [6.45, 7) is 1.63. The second-order valence-electron chi connectivity index (χ2n) is 4.19. The summed E-state index contributed by atoms with van der Waals surface area (Å²) >= 11 is 0. The lowest BCUT2D eigenvalue weighted by Crippen LogP contribution is -2.27. The number of rotatable bonds is 5. The summed E-state index contributed by atoms with van der Waals surface area (Å²) in [6.07, 6.45) is 1.29. The Morgan fingerprint density at radius 3 is 2.85 bits per heavy atom. The number of carbonyl (C=O) groups excluding carboxylic acids is 1. The number of aromatic amines is 1. The van der Waals surface area contributed by atoms with Gasteiger partial charge in [0.05, 0.1) is 12.7 Å². The van der Waals surface area contributed by atoms with Gasteiger partial charge in [-0.1, -0.05) is 5.21 Å². The highest BCUT2D eigenvalue weighted by Crippen LogP contribution is 2.03. The molecule has 10 heteroatoms. The molecule has 20 heavy (non-hydrogen) atoms. The largest absolute Gasteiger partial charge is 0.480 e. The molecule has 0 unspecified atom stereocenters. The van der Waals surface area contributed by atoms with Crippen LogP contribution in [0, 0.1) is 6.92 Å². The van der Waals surface area contributed by atoms with E-state index in [1.54, 1.807) is 14.0 Å². The maximum Gasteiger partial charge on any atom is 0.325 e. The van der Waals surface area contributed by atoms with Gasteiger partial charge in [0.15, 0.2) is 11.5 Å². The zero-order valence-electron chi connectivity index (χ0n) is 10.9. The lowest BCUT2D eigenvalue weighted by Gasteiger charge is -2.12. The fourth-order valence-corrected chi connectivity index (χ4v) is 1.55. The summed E-state index contributed by atoms with van der Waals surface area (Å²) in [5.74, 6) is -0.299. The van der Waals surface area contributed by atoms with Gasteiger partial charge in [-0.15, -0.1) is 5.10 Å². The number of nitrogens with zero attached hydrogens (tertiary/aromatic N) is 6. The van der Waals surface area contributed by atoms with E-state index in [1.165, 1.54) is 11.1 Å². The molecule has 0 aliphatic rings. The van der Waals surface area contributed by atoms with Crippen LogP contribution in [-0.2, 0) is 17.9 Å². The molecular weight excluding hydrogens is 266 g/mol. The van der Waals surface area contributed by atoms with Crippen LogP contribution in [0.1, 0.15) is 22.1 Å². The van der Waals surface area contributed by atoms with E-state index in [0.29, 0.717) is 11.6 Å². The number of aryl methyl sites for hydroxylation is 1. The quantitative estimate of drug-likeness (QED) is 0.722. The maximum atomic E-state index is 12.1. The minimum Gasteiger partial charge on any atom is -0.480 e. The third-order valence-corrected chi connectivity index (χ3v) is 2.42. The summed E-state index contributed by atoms with van der Waals surface area (Å²) in [4.78, 5) is 28.0. The van der Waals surface area contributed by atoms with Crippen molar-refractivity contribution in [3.8, 4) is 0 Å². The monoisotopic (exact) mass is 279 g/mol. The van der Waals surface area contributed by atoms with E-state index in [1.807, 2.05) is 0 Å². The van der Waals surface area contributed by atoms with Crippen molar-refractivity contribution in [3.05, 3.63) is 23.5 Å². The number of aliphatic carboxylic acids is 1. The summed E-state index contributed by atoms with van der Waals surface area (Å²) in [5.41, 5.74) is 0.0704. The number of H-pyrrole nitrogens is 1. The second-order valence-corrected chi connectivity index (χ2v) is 4.19. The molecule has 0 spiro atoms. The zero-order valence-corrected chi connectivity index (χ0v) is 10.9. The van der Waals surface area contributed by atoms with Crippen LogP contribution in [0.4, 0.5) is 0 Å². The van der Waals surface area contributed by atoms with Gasteiger partial charge in [0.1, 0.15) is 12.4 Å². The van der Waals surface area contributed by atoms with E-state index in [2.05, 4.69) is 25.5 Å². The Hall–Kier alpha value is -2.78. The van der Waals surface area contributed by atoms with E-state index in [-0.39, 0.29) is 24.7 Å². The molecule has 0 fully saturated rings. The molecule has 2 rings (SSSR count). The number of carboxylic acid groups (broad SMARTS) is 1. The number of aromatic nitrogens is 6. The van der Waals surface area contributed by atoms with E-state index in [0.717, 1.165) is 4.68 Å². The van der Waals surface area contributed by atoms with Crippen molar-refractivity contribution in [2.24, 2.45) is 0 Å². The molecule has 0 aliphatic heterocycles. The van der Waals surface area contributed by atoms with Crippen LogP contribution >= 0.6 is 0 Å². The van der Waals surface area contributed by atoms with Crippen molar-refractivity contribution in [2.45, 2.75) is 20.0 Å². The smallest absolute Gasteiger partial charge is 0.325 e. The molecule has 0 radical (unpaired) electrons. The summed E-state index contributed by atoms with van der Waals surface area (Å²) in [6, 6.07) is 0. The fraction of sp³-hybridized carbons (Fsp3) is 0.400. The van der Waals surface area contributed by atoms with Crippen LogP contribution in [0.5, 0.6) is 0 Å². The third kappa shape index (κ3) is 3.16. The van der Waals surface area contributed by atoms with Gasteiger partial charge in [-0.2, -0.15) is 5.10 Å². The lowest BCUT2D eigenvalue weighted by molar-refractivity contribution is -0.137. The number of hydrogen-bond acceptors (Lipinski definition) is 6. The Bertz CT molecular complexity index is 632. The molecule has 1 amide bonds. The van der Waals surface area contributed by atoms with Crippen LogP contribution in [0.25, 0.3) is 0 Å². The van der Waals surface area contributed by atoms with Crippen molar-refractivity contribution in [3.63, 3.8) is 0 Å². The summed E-state index contributed by atoms with van der Waals surface area (Å²) in [7, 11) is 1.57. The summed E-state index contributed by atoms with van der Waals surface area (Å²) in [5, 5.41) is 22.4. The minimum absolute atomic E-state index is 0.0704. The molecule has 0 saturated heterocycles. The molecule has 0 atom stereocenters. The number of carboxylic acids is 1. The van der Waals surface area contributed by atoms with Gasteiger partial charge in [0.25, 0.3) is 5.91 Å². The Balaban J connectivity index is 2.02. The van der Waals surface area contributed by atoms with Gasteiger partial charge < -0.3 is 10.0 Å². The van der Waals surface area contributed by atoms with E-state index >= 15 is 0 Å². The molecule has 106 valence electrons. The maximum absolute atomic E-state index is 12.1. The van der Waals surface area contributed by atoms with Gasteiger partial charge in [-0.05, 0) is 6.92 Å². The molecule has 2 aromatic rings. The SMILES string of the molecule is Cc1nc(CN(C)C(=O)c2cn(CC(=O)O)nn2)n[nH]1. The number of amides is 1. The van der Waals surface area contributed by atoms with E-state index in [9.17, 15) is 9.59 Å². The highest BCUT2D eigenvalue weighted by atomic mass is 16.4. The Morgan fingerprint density at radius 1 is 1.50 bits per heavy atom. The molecule has 0 aliphatic carbocycles. The van der Waals surface area contributed by atoms with Gasteiger partial charge in [0, 0.05) is 7.05 Å². The number of carbonyl (C=O) groups is 2. The average Bonchev–Trinajstić information content (AvgIpc) is 2.97. The highest BCUT2D eigenvalue weighted by molar-refractivity contribution is 5.91. The second kappa shape index (κ2) is 5.47. The lowest BCUT2D eigenvalue weighted by atomic mass is 10.4. The van der Waals surface area contributed by atoms with Crippen LogP contribution < -0.4 is 0 Å². The Kier molecular flexibility index (Phi) is 3.73. The number of nitrogens with one attached hydrogen (secondary N) is 1. The third-order valence-electron chi connectivity index (χ3n) is 2.42. The van der Waals surface area contributed by atoms with Gasteiger partial charge in [-0.25, -0.2) is 9.67 Å². The molecule has 0 bridgehead atoms. The minimum atomic E-state index is -1.06. The van der Waals surface area contributed by atoms with Crippen LogP contribution in [-0.4, -0.2) is 59.1 Å². The standard InChI is InChI=1S/C10H13N7O3/c1-6-11-8(14-12-6)4-16(2)10(20)7-3-17(15-13-7)5-9(18)19/h3H,4-5H2,1-2H3,(H,18,19)(H,11,12,14). The predicted molar refractivity (Wildman–Crippen MR) is 64.6 cm³/mol. The van der Waals surface area contributed by atoms with Crippen LogP contribution in [0.3, 0.4) is 0 Å². The van der Waals surface area contributed by atoms with Gasteiger partial charge in [-0.3, -0.25) is 14.7 Å². The highest BCUT2D eigenvalue weighted by Gasteiger charge is 2.18. The van der Waals surface area contributed by atoms with Crippen molar-refractivity contribution in [1.29, 1.82) is 0 Å². The Labute approximate surface area is 113 Å². The first-order valence-electron chi connectivity index (χ1n) is 5.71. The van der Waals surface area contributed by atoms with Crippen molar-refractivity contribution in [1.82, 2.24) is 35.1 Å². The molecule has 10 nitrogen and oxygen atoms in total. The first-order chi connectivity index (χ1) is 9.45. The van der Waals surface area contributed by atoms with Crippen molar-refractivity contribution >= 4 is 11.9 Å². The predicted octanol–water partition coefficient (Wildman–Crippen LogP) is -0.939. The normalized spacial score (nSPS) is 10.5. The fourth-order valence-electron chi connectivity index (χ4n) is 1.55. The van der Waals surface area contributed by atoms with E-state index < -0.39 is 5.97 Å². The molecular formula is C10H13N7O3. The molecule has 2 N–H and O–H groups in total. The topological polar surface area (TPSA) is 130 Å².